The standard InChI is InChI=1S/C17H14F3N3O3/c1-21-16(25)15(23-26-2)12-5-3-4-11(13(12)9-24)14-7-6-10(8-22-14)17(18,19)20/h3-9H,1-2H3,(H,21,25)/b23-15+. The average molecular weight is 365 g/mol. The molecule has 0 radical (unpaired) electrons. The smallest absolute Gasteiger partial charge is 0.398 e. The first-order valence-corrected chi connectivity index (χ1v) is 7.29. The van der Waals surface area contributed by atoms with Gasteiger partial charge in [0.15, 0.2) is 12.0 Å². The first-order valence-electron chi connectivity index (χ1n) is 7.29. The molecule has 0 aliphatic rings. The number of pyridine rings is 1. The normalized spacial score (nSPS) is 11.8. The summed E-state index contributed by atoms with van der Waals surface area (Å²) in [5.74, 6) is -0.590. The van der Waals surface area contributed by atoms with Gasteiger partial charge in [0, 0.05) is 29.9 Å². The Morgan fingerprint density at radius 1 is 1.27 bits per heavy atom. The number of alkyl halides is 3. The van der Waals surface area contributed by atoms with Crippen LogP contribution in [-0.4, -0.2) is 37.0 Å². The molecular formula is C17H14F3N3O3. The highest BCUT2D eigenvalue weighted by Gasteiger charge is 2.31. The minimum atomic E-state index is -4.52. The maximum atomic E-state index is 12.7. The van der Waals surface area contributed by atoms with Crippen molar-refractivity contribution in [2.24, 2.45) is 5.16 Å². The summed E-state index contributed by atoms with van der Waals surface area (Å²) in [5, 5.41) is 6.01. The number of likely N-dealkylation sites (N-methyl/N-ethyl adjacent to an activating group) is 1. The molecule has 0 aliphatic heterocycles. The summed E-state index contributed by atoms with van der Waals surface area (Å²) in [6.07, 6.45) is -3.35. The molecule has 0 aliphatic carbocycles. The molecule has 1 amide bonds. The number of rotatable bonds is 5. The first kappa shape index (κ1) is 19.1. The second kappa shape index (κ2) is 7.77. The summed E-state index contributed by atoms with van der Waals surface area (Å²) in [6, 6.07) is 6.54. The average Bonchev–Trinajstić information content (AvgIpc) is 2.64. The molecule has 0 spiro atoms. The number of carbonyl (C=O) groups is 2. The Labute approximate surface area is 146 Å². The van der Waals surface area contributed by atoms with Gasteiger partial charge < -0.3 is 10.2 Å². The number of amides is 1. The topological polar surface area (TPSA) is 80.7 Å². The van der Waals surface area contributed by atoms with Crippen molar-refractivity contribution in [2.75, 3.05) is 14.2 Å². The highest BCUT2D eigenvalue weighted by molar-refractivity contribution is 6.46. The van der Waals surface area contributed by atoms with E-state index in [1.807, 2.05) is 0 Å². The summed E-state index contributed by atoms with van der Waals surface area (Å²) in [5.41, 5.74) is -0.419. The number of aldehydes is 1. The maximum absolute atomic E-state index is 12.7. The number of aromatic nitrogens is 1. The van der Waals surface area contributed by atoms with Gasteiger partial charge in [-0.05, 0) is 12.1 Å². The van der Waals surface area contributed by atoms with E-state index in [0.717, 1.165) is 12.1 Å². The van der Waals surface area contributed by atoms with Crippen molar-refractivity contribution in [3.8, 4) is 11.3 Å². The van der Waals surface area contributed by atoms with E-state index in [-0.39, 0.29) is 28.1 Å². The van der Waals surface area contributed by atoms with Gasteiger partial charge in [0.25, 0.3) is 5.91 Å². The van der Waals surface area contributed by atoms with E-state index in [9.17, 15) is 22.8 Å². The molecule has 1 aromatic heterocycles. The SMILES string of the molecule is CNC(=O)/C(=N/OC)c1cccc(-c2ccc(C(F)(F)F)cn2)c1C=O. The lowest BCUT2D eigenvalue weighted by Gasteiger charge is -2.12. The van der Waals surface area contributed by atoms with E-state index in [1.165, 1.54) is 32.4 Å². The van der Waals surface area contributed by atoms with E-state index in [0.29, 0.717) is 12.5 Å². The fourth-order valence-corrected chi connectivity index (χ4v) is 2.27. The van der Waals surface area contributed by atoms with Crippen molar-refractivity contribution in [2.45, 2.75) is 6.18 Å². The molecule has 136 valence electrons. The zero-order valence-electron chi connectivity index (χ0n) is 13.8. The van der Waals surface area contributed by atoms with Crippen LogP contribution in [0.3, 0.4) is 0 Å². The van der Waals surface area contributed by atoms with Gasteiger partial charge in [0.2, 0.25) is 0 Å². The van der Waals surface area contributed by atoms with Crippen LogP contribution in [0.2, 0.25) is 0 Å². The Balaban J connectivity index is 2.60. The zero-order chi connectivity index (χ0) is 19.3. The van der Waals surface area contributed by atoms with Gasteiger partial charge in [-0.15, -0.1) is 0 Å². The van der Waals surface area contributed by atoms with Crippen LogP contribution >= 0.6 is 0 Å². The molecule has 0 saturated heterocycles. The van der Waals surface area contributed by atoms with Crippen LogP contribution in [0.5, 0.6) is 0 Å². The number of hydrogen-bond acceptors (Lipinski definition) is 5. The van der Waals surface area contributed by atoms with Crippen molar-refractivity contribution in [3.63, 3.8) is 0 Å². The van der Waals surface area contributed by atoms with Gasteiger partial charge in [-0.2, -0.15) is 13.2 Å². The van der Waals surface area contributed by atoms with Gasteiger partial charge in [0.05, 0.1) is 11.3 Å². The van der Waals surface area contributed by atoms with Crippen molar-refractivity contribution in [1.29, 1.82) is 0 Å². The predicted octanol–water partition coefficient (Wildman–Crippen LogP) is 2.68. The number of benzene rings is 1. The Hall–Kier alpha value is -3.23. The van der Waals surface area contributed by atoms with Crippen LogP contribution in [0.25, 0.3) is 11.3 Å². The molecule has 26 heavy (non-hydrogen) atoms. The number of oxime groups is 1. The van der Waals surface area contributed by atoms with Crippen LogP contribution in [0.1, 0.15) is 21.5 Å². The maximum Gasteiger partial charge on any atom is 0.417 e. The molecule has 1 N–H and O–H groups in total. The molecule has 0 fully saturated rings. The molecule has 0 unspecified atom stereocenters. The van der Waals surface area contributed by atoms with Crippen molar-refractivity contribution in [1.82, 2.24) is 10.3 Å². The lowest BCUT2D eigenvalue weighted by molar-refractivity contribution is -0.137. The number of nitrogens with zero attached hydrogens (tertiary/aromatic N) is 2. The fourth-order valence-electron chi connectivity index (χ4n) is 2.27. The molecule has 9 heteroatoms. The van der Waals surface area contributed by atoms with E-state index < -0.39 is 17.6 Å². The molecule has 0 saturated carbocycles. The van der Waals surface area contributed by atoms with Crippen molar-refractivity contribution >= 4 is 17.9 Å². The highest BCUT2D eigenvalue weighted by atomic mass is 19.4. The summed E-state index contributed by atoms with van der Waals surface area (Å²) in [7, 11) is 2.63. The number of nitrogens with one attached hydrogen (secondary N) is 1. The van der Waals surface area contributed by atoms with Crippen molar-refractivity contribution < 1.29 is 27.6 Å². The Morgan fingerprint density at radius 3 is 2.50 bits per heavy atom. The number of halogens is 3. The van der Waals surface area contributed by atoms with Crippen molar-refractivity contribution in [3.05, 3.63) is 53.2 Å². The minimum absolute atomic E-state index is 0.0548. The Bertz CT molecular complexity index is 847. The van der Waals surface area contributed by atoms with E-state index in [2.05, 4.69) is 20.3 Å². The van der Waals surface area contributed by atoms with Crippen LogP contribution in [0.15, 0.2) is 41.7 Å². The molecular weight excluding hydrogens is 351 g/mol. The van der Waals surface area contributed by atoms with Crippen LogP contribution in [-0.2, 0) is 15.8 Å². The molecule has 0 atom stereocenters. The minimum Gasteiger partial charge on any atom is -0.398 e. The monoisotopic (exact) mass is 365 g/mol. The second-order valence-corrected chi connectivity index (χ2v) is 5.02. The van der Waals surface area contributed by atoms with Gasteiger partial charge in [0.1, 0.15) is 7.11 Å². The number of carbonyl (C=O) groups excluding carboxylic acids is 2. The summed E-state index contributed by atoms with van der Waals surface area (Å²) < 4.78 is 38.0. The Morgan fingerprint density at radius 2 is 2.00 bits per heavy atom. The van der Waals surface area contributed by atoms with Crippen LogP contribution in [0.4, 0.5) is 13.2 Å². The summed E-state index contributed by atoms with van der Waals surface area (Å²) in [6.45, 7) is 0. The van der Waals surface area contributed by atoms with Gasteiger partial charge in [-0.3, -0.25) is 14.6 Å². The molecule has 2 rings (SSSR count). The van der Waals surface area contributed by atoms with Gasteiger partial charge in [-0.25, -0.2) is 0 Å². The third-order valence-corrected chi connectivity index (χ3v) is 3.47. The first-order chi connectivity index (χ1) is 12.3. The van der Waals surface area contributed by atoms with Crippen LogP contribution in [0, 0.1) is 0 Å². The quantitative estimate of drug-likeness (QED) is 0.502. The molecule has 6 nitrogen and oxygen atoms in total. The van der Waals surface area contributed by atoms with Gasteiger partial charge in [-0.1, -0.05) is 23.4 Å². The van der Waals surface area contributed by atoms with Crippen LogP contribution < -0.4 is 5.32 Å². The lowest BCUT2D eigenvalue weighted by atomic mass is 9.95. The van der Waals surface area contributed by atoms with E-state index >= 15 is 0 Å². The molecule has 2 aromatic rings. The lowest BCUT2D eigenvalue weighted by Crippen LogP contribution is -2.29. The highest BCUT2D eigenvalue weighted by Crippen LogP contribution is 2.31. The van der Waals surface area contributed by atoms with E-state index in [1.54, 1.807) is 0 Å². The van der Waals surface area contributed by atoms with E-state index in [4.69, 9.17) is 0 Å². The second-order valence-electron chi connectivity index (χ2n) is 5.02. The predicted molar refractivity (Wildman–Crippen MR) is 87.7 cm³/mol. The zero-order valence-corrected chi connectivity index (χ0v) is 13.8. The largest absolute Gasteiger partial charge is 0.417 e. The third-order valence-electron chi connectivity index (χ3n) is 3.47. The third kappa shape index (κ3) is 3.88. The molecule has 1 aromatic carbocycles. The van der Waals surface area contributed by atoms with Gasteiger partial charge >= 0.3 is 6.18 Å². The molecule has 1 heterocycles. The fraction of sp³-hybridized carbons (Fsp3) is 0.176. The summed E-state index contributed by atoms with van der Waals surface area (Å²) >= 11 is 0. The summed E-state index contributed by atoms with van der Waals surface area (Å²) in [4.78, 5) is 32.1. The molecule has 0 bridgehead atoms. The Kier molecular flexibility index (Phi) is 5.71. The number of hydrogen-bond donors (Lipinski definition) is 1.